The predicted molar refractivity (Wildman–Crippen MR) is 114 cm³/mol. The quantitative estimate of drug-likeness (QED) is 0.724. The Morgan fingerprint density at radius 3 is 2.55 bits per heavy atom. The van der Waals surface area contributed by atoms with E-state index < -0.39 is 0 Å². The number of nitrogens with zero attached hydrogens (tertiary/aromatic N) is 2. The number of rotatable bonds is 6. The van der Waals surface area contributed by atoms with Crippen molar-refractivity contribution < 1.29 is 14.3 Å². The Kier molecular flexibility index (Phi) is 5.63. The van der Waals surface area contributed by atoms with E-state index in [1.165, 1.54) is 10.4 Å². The molecule has 0 saturated heterocycles. The number of hydrogen-bond donors (Lipinski definition) is 0. The second-order valence-corrected chi connectivity index (χ2v) is 9.15. The van der Waals surface area contributed by atoms with E-state index in [9.17, 15) is 9.59 Å². The summed E-state index contributed by atoms with van der Waals surface area (Å²) in [6.07, 6.45) is 2.77. The van der Waals surface area contributed by atoms with Crippen molar-refractivity contribution in [3.8, 4) is 5.75 Å². The number of benzene rings is 1. The molecule has 4 rings (SSSR count). The molecule has 2 amide bonds. The second kappa shape index (κ2) is 8.19. The van der Waals surface area contributed by atoms with Gasteiger partial charge in [0.05, 0.1) is 13.2 Å². The van der Waals surface area contributed by atoms with Crippen LogP contribution in [0.25, 0.3) is 0 Å². The summed E-state index contributed by atoms with van der Waals surface area (Å²) >= 11 is 1.75. The van der Waals surface area contributed by atoms with Crippen molar-refractivity contribution in [3.63, 3.8) is 0 Å². The van der Waals surface area contributed by atoms with Gasteiger partial charge in [-0.2, -0.15) is 0 Å². The zero-order chi connectivity index (χ0) is 20.5. The van der Waals surface area contributed by atoms with Gasteiger partial charge < -0.3 is 14.5 Å². The van der Waals surface area contributed by atoms with E-state index in [1.807, 2.05) is 43.0 Å². The minimum Gasteiger partial charge on any atom is -0.497 e. The normalized spacial score (nSPS) is 18.5. The van der Waals surface area contributed by atoms with Crippen LogP contribution in [-0.2, 0) is 16.0 Å². The summed E-state index contributed by atoms with van der Waals surface area (Å²) < 4.78 is 5.30. The highest BCUT2D eigenvalue weighted by atomic mass is 32.1. The Labute approximate surface area is 176 Å². The van der Waals surface area contributed by atoms with E-state index in [0.29, 0.717) is 6.54 Å². The first-order valence-electron chi connectivity index (χ1n) is 10.3. The van der Waals surface area contributed by atoms with E-state index in [4.69, 9.17) is 4.74 Å². The van der Waals surface area contributed by atoms with Gasteiger partial charge in [-0.3, -0.25) is 9.59 Å². The SMILES string of the molecule is COc1ccc(C2c3ccsc3CCN2C(=O)CN(C(=O)C2CC2)C(C)C)cc1. The summed E-state index contributed by atoms with van der Waals surface area (Å²) in [5, 5.41) is 2.10. The molecule has 2 heterocycles. The van der Waals surface area contributed by atoms with Crippen LogP contribution in [0.1, 0.15) is 48.7 Å². The summed E-state index contributed by atoms with van der Waals surface area (Å²) in [5.41, 5.74) is 2.27. The molecule has 0 spiro atoms. The Bertz CT molecular complexity index is 886. The lowest BCUT2D eigenvalue weighted by Crippen LogP contribution is -2.49. The van der Waals surface area contributed by atoms with Crippen LogP contribution >= 0.6 is 11.3 Å². The zero-order valence-corrected chi connectivity index (χ0v) is 18.1. The molecule has 1 unspecified atom stereocenters. The molecule has 1 fully saturated rings. The third-order valence-electron chi connectivity index (χ3n) is 5.86. The van der Waals surface area contributed by atoms with Crippen LogP contribution in [0.4, 0.5) is 0 Å². The fourth-order valence-electron chi connectivity index (χ4n) is 4.05. The van der Waals surface area contributed by atoms with Crippen molar-refractivity contribution >= 4 is 23.2 Å². The Balaban J connectivity index is 1.61. The van der Waals surface area contributed by atoms with Crippen molar-refractivity contribution in [2.45, 2.75) is 45.2 Å². The summed E-state index contributed by atoms with van der Waals surface area (Å²) in [6, 6.07) is 9.98. The van der Waals surface area contributed by atoms with Gasteiger partial charge in [-0.1, -0.05) is 12.1 Å². The molecule has 154 valence electrons. The predicted octanol–water partition coefficient (Wildman–Crippen LogP) is 3.88. The van der Waals surface area contributed by atoms with Gasteiger partial charge in [0.15, 0.2) is 0 Å². The zero-order valence-electron chi connectivity index (χ0n) is 17.3. The maximum atomic E-state index is 13.4. The third-order valence-corrected chi connectivity index (χ3v) is 6.85. The van der Waals surface area contributed by atoms with Gasteiger partial charge >= 0.3 is 0 Å². The number of ether oxygens (including phenoxy) is 1. The molecule has 0 N–H and O–H groups in total. The fourth-order valence-corrected chi connectivity index (χ4v) is 4.95. The van der Waals surface area contributed by atoms with E-state index in [1.54, 1.807) is 23.3 Å². The molecule has 5 nitrogen and oxygen atoms in total. The highest BCUT2D eigenvalue weighted by molar-refractivity contribution is 7.10. The third kappa shape index (κ3) is 4.04. The van der Waals surface area contributed by atoms with Crippen molar-refractivity contribution in [2.75, 3.05) is 20.2 Å². The first-order chi connectivity index (χ1) is 14.0. The average molecular weight is 413 g/mol. The number of carbonyl (C=O) groups excluding carboxylic acids is 2. The second-order valence-electron chi connectivity index (χ2n) is 8.15. The van der Waals surface area contributed by atoms with Crippen molar-refractivity contribution in [2.24, 2.45) is 5.92 Å². The Hall–Kier alpha value is -2.34. The minimum atomic E-state index is -0.117. The molecule has 2 aromatic rings. The molecule has 1 aliphatic carbocycles. The largest absolute Gasteiger partial charge is 0.497 e. The van der Waals surface area contributed by atoms with Crippen LogP contribution in [0.5, 0.6) is 5.75 Å². The van der Waals surface area contributed by atoms with Gasteiger partial charge in [0, 0.05) is 23.4 Å². The molecule has 1 aromatic heterocycles. The number of carbonyl (C=O) groups is 2. The highest BCUT2D eigenvalue weighted by Gasteiger charge is 2.38. The van der Waals surface area contributed by atoms with E-state index in [0.717, 1.165) is 30.6 Å². The van der Waals surface area contributed by atoms with Crippen molar-refractivity contribution in [1.29, 1.82) is 0 Å². The van der Waals surface area contributed by atoms with E-state index in [-0.39, 0.29) is 36.4 Å². The average Bonchev–Trinajstić information content (AvgIpc) is 3.47. The first kappa shape index (κ1) is 20.0. The summed E-state index contributed by atoms with van der Waals surface area (Å²) in [4.78, 5) is 31.1. The molecular formula is C23H28N2O3S. The van der Waals surface area contributed by atoms with Crippen LogP contribution in [0.15, 0.2) is 35.7 Å². The van der Waals surface area contributed by atoms with Crippen LogP contribution in [0.2, 0.25) is 0 Å². The van der Waals surface area contributed by atoms with Crippen LogP contribution in [0, 0.1) is 5.92 Å². The molecule has 2 aliphatic rings. The molecule has 1 atom stereocenters. The van der Waals surface area contributed by atoms with Gasteiger partial charge in [-0.15, -0.1) is 11.3 Å². The van der Waals surface area contributed by atoms with Crippen molar-refractivity contribution in [1.82, 2.24) is 9.80 Å². The van der Waals surface area contributed by atoms with Gasteiger partial charge in [0.25, 0.3) is 0 Å². The van der Waals surface area contributed by atoms with Crippen LogP contribution < -0.4 is 4.74 Å². The van der Waals surface area contributed by atoms with Gasteiger partial charge in [-0.05, 0) is 67.8 Å². The lowest BCUT2D eigenvalue weighted by atomic mass is 9.93. The number of amides is 2. The number of fused-ring (bicyclic) bond motifs is 1. The molecule has 29 heavy (non-hydrogen) atoms. The van der Waals surface area contributed by atoms with E-state index >= 15 is 0 Å². The van der Waals surface area contributed by atoms with Gasteiger partial charge in [0.1, 0.15) is 12.3 Å². The fraction of sp³-hybridized carbons (Fsp3) is 0.478. The van der Waals surface area contributed by atoms with Crippen molar-refractivity contribution in [3.05, 3.63) is 51.7 Å². The summed E-state index contributed by atoms with van der Waals surface area (Å²) in [7, 11) is 1.65. The molecule has 1 aliphatic heterocycles. The molecular weight excluding hydrogens is 384 g/mol. The molecule has 1 saturated carbocycles. The topological polar surface area (TPSA) is 49.9 Å². The number of hydrogen-bond acceptors (Lipinski definition) is 4. The standard InChI is InChI=1S/C23H28N2O3S/c1-15(2)25(23(27)17-4-5-17)14-21(26)24-12-10-20-19(11-13-29-20)22(24)16-6-8-18(28-3)9-7-16/h6-9,11,13,15,17,22H,4-5,10,12,14H2,1-3H3. The van der Waals surface area contributed by atoms with Crippen LogP contribution in [0.3, 0.4) is 0 Å². The molecule has 6 heteroatoms. The maximum absolute atomic E-state index is 13.4. The van der Waals surface area contributed by atoms with E-state index in [2.05, 4.69) is 11.4 Å². The lowest BCUT2D eigenvalue weighted by molar-refractivity contribution is -0.143. The highest BCUT2D eigenvalue weighted by Crippen LogP contribution is 2.38. The maximum Gasteiger partial charge on any atom is 0.243 e. The Morgan fingerprint density at radius 1 is 1.21 bits per heavy atom. The monoisotopic (exact) mass is 412 g/mol. The summed E-state index contributed by atoms with van der Waals surface area (Å²) in [5.74, 6) is 1.06. The van der Waals surface area contributed by atoms with Crippen LogP contribution in [-0.4, -0.2) is 47.9 Å². The Morgan fingerprint density at radius 2 is 1.93 bits per heavy atom. The lowest BCUT2D eigenvalue weighted by Gasteiger charge is -2.38. The molecule has 0 radical (unpaired) electrons. The minimum absolute atomic E-state index is 0.0189. The smallest absolute Gasteiger partial charge is 0.243 e. The number of methoxy groups -OCH3 is 1. The first-order valence-corrected chi connectivity index (χ1v) is 11.2. The molecule has 1 aromatic carbocycles. The molecule has 0 bridgehead atoms. The van der Waals surface area contributed by atoms with Gasteiger partial charge in [-0.25, -0.2) is 0 Å². The summed E-state index contributed by atoms with van der Waals surface area (Å²) in [6.45, 7) is 4.80. The number of thiophene rings is 1. The van der Waals surface area contributed by atoms with Gasteiger partial charge in [0.2, 0.25) is 11.8 Å².